The predicted octanol–water partition coefficient (Wildman–Crippen LogP) is 2.42. The van der Waals surface area contributed by atoms with Gasteiger partial charge in [-0.05, 0) is 26.0 Å². The second kappa shape index (κ2) is 5.06. The van der Waals surface area contributed by atoms with Gasteiger partial charge in [0.2, 0.25) is 0 Å². The number of carboxylic acids is 1. The van der Waals surface area contributed by atoms with Crippen LogP contribution in [0.4, 0.5) is 5.69 Å². The maximum absolute atomic E-state index is 11.0. The van der Waals surface area contributed by atoms with E-state index in [0.29, 0.717) is 4.90 Å². The molecule has 0 atom stereocenters. The molecule has 0 fully saturated rings. The Hall–Kier alpha value is -2.07. The Morgan fingerprint density at radius 1 is 1.56 bits per heavy atom. The van der Waals surface area contributed by atoms with Crippen LogP contribution in [0.1, 0.15) is 19.4 Å². The number of hydrogen-bond donors (Lipinski definition) is 1. The highest BCUT2D eigenvalue weighted by molar-refractivity contribution is 8.01. The first-order valence-corrected chi connectivity index (χ1v) is 5.70. The Bertz CT molecular complexity index is 548. The molecule has 94 valence electrons. The largest absolute Gasteiger partial charge is 0.480 e. The monoisotopic (exact) mass is 266 g/mol. The number of benzene rings is 1. The molecule has 0 amide bonds. The van der Waals surface area contributed by atoms with Crippen molar-refractivity contribution in [1.82, 2.24) is 0 Å². The maximum atomic E-state index is 11.0. The molecule has 0 radical (unpaired) electrons. The molecule has 0 aliphatic rings. The number of thioether (sulfide) groups is 1. The Morgan fingerprint density at radius 3 is 2.61 bits per heavy atom. The number of hydrogen-bond acceptors (Lipinski definition) is 5. The molecule has 1 aromatic carbocycles. The highest BCUT2D eigenvalue weighted by atomic mass is 32.2. The number of carbonyl (C=O) groups is 1. The topological polar surface area (TPSA) is 104 Å². The summed E-state index contributed by atoms with van der Waals surface area (Å²) in [5, 5.41) is 28.4. The van der Waals surface area contributed by atoms with Crippen LogP contribution in [-0.4, -0.2) is 20.7 Å². The lowest BCUT2D eigenvalue weighted by molar-refractivity contribution is -0.385. The van der Waals surface area contributed by atoms with Gasteiger partial charge in [-0.25, -0.2) is 0 Å². The average molecular weight is 266 g/mol. The van der Waals surface area contributed by atoms with Gasteiger partial charge in [-0.15, -0.1) is 11.8 Å². The zero-order valence-corrected chi connectivity index (χ0v) is 10.5. The smallest absolute Gasteiger partial charge is 0.319 e. The normalized spacial score (nSPS) is 10.7. The number of aliphatic carboxylic acids is 1. The summed E-state index contributed by atoms with van der Waals surface area (Å²) in [6.45, 7) is 3.04. The number of nitriles is 1. The average Bonchev–Trinajstić information content (AvgIpc) is 2.27. The first-order valence-electron chi connectivity index (χ1n) is 4.89. The number of nitro benzene ring substituents is 1. The standard InChI is InChI=1S/C11H10N2O4S/c1-11(2,10(14)15)18-8-3-4-9(13(16)17)7(5-8)6-12/h3-5H,1-2H3,(H,14,15). The van der Waals surface area contributed by atoms with Gasteiger partial charge in [0.05, 0.1) is 4.92 Å². The van der Waals surface area contributed by atoms with E-state index in [-0.39, 0.29) is 11.3 Å². The number of nitro groups is 1. The Kier molecular flexibility index (Phi) is 3.93. The fraction of sp³-hybridized carbons (Fsp3) is 0.273. The van der Waals surface area contributed by atoms with Gasteiger partial charge in [0.15, 0.2) is 0 Å². The summed E-state index contributed by atoms with van der Waals surface area (Å²) >= 11 is 1.03. The lowest BCUT2D eigenvalue weighted by Crippen LogP contribution is -2.26. The number of rotatable bonds is 4. The van der Waals surface area contributed by atoms with Crippen LogP contribution in [0, 0.1) is 21.4 Å². The molecule has 1 aromatic rings. The van der Waals surface area contributed by atoms with Gasteiger partial charge in [0, 0.05) is 11.0 Å². The van der Waals surface area contributed by atoms with Crippen LogP contribution in [0.3, 0.4) is 0 Å². The fourth-order valence-corrected chi connectivity index (χ4v) is 2.16. The summed E-state index contributed by atoms with van der Waals surface area (Å²) in [4.78, 5) is 21.5. The van der Waals surface area contributed by atoms with Gasteiger partial charge in [0.1, 0.15) is 16.4 Å². The minimum absolute atomic E-state index is 0.0776. The molecule has 0 aliphatic heterocycles. The van der Waals surface area contributed by atoms with Crippen molar-refractivity contribution in [3.8, 4) is 6.07 Å². The predicted molar refractivity (Wildman–Crippen MR) is 65.4 cm³/mol. The summed E-state index contributed by atoms with van der Waals surface area (Å²) in [6.07, 6.45) is 0. The van der Waals surface area contributed by atoms with Crippen LogP contribution in [0.15, 0.2) is 23.1 Å². The van der Waals surface area contributed by atoms with E-state index in [1.54, 1.807) is 6.07 Å². The summed E-state index contributed by atoms with van der Waals surface area (Å²) in [5.74, 6) is -0.996. The molecular weight excluding hydrogens is 256 g/mol. The molecule has 7 heteroatoms. The van der Waals surface area contributed by atoms with Crippen molar-refractivity contribution in [2.24, 2.45) is 0 Å². The molecule has 0 unspecified atom stereocenters. The fourth-order valence-electron chi connectivity index (χ4n) is 1.17. The highest BCUT2D eigenvalue weighted by Crippen LogP contribution is 2.34. The van der Waals surface area contributed by atoms with E-state index < -0.39 is 15.6 Å². The summed E-state index contributed by atoms with van der Waals surface area (Å²) in [5.41, 5.74) is -0.360. The van der Waals surface area contributed by atoms with Crippen LogP contribution in [0.5, 0.6) is 0 Å². The van der Waals surface area contributed by atoms with Gasteiger partial charge in [0.25, 0.3) is 5.69 Å². The highest BCUT2D eigenvalue weighted by Gasteiger charge is 2.29. The molecule has 0 bridgehead atoms. The van der Waals surface area contributed by atoms with Gasteiger partial charge in [-0.2, -0.15) is 5.26 Å². The third-order valence-electron chi connectivity index (χ3n) is 2.17. The zero-order valence-electron chi connectivity index (χ0n) is 9.71. The van der Waals surface area contributed by atoms with E-state index in [4.69, 9.17) is 10.4 Å². The van der Waals surface area contributed by atoms with Crippen molar-refractivity contribution >= 4 is 23.4 Å². The summed E-state index contributed by atoms with van der Waals surface area (Å²) in [7, 11) is 0. The Labute approximate surface area is 107 Å². The van der Waals surface area contributed by atoms with Crippen molar-refractivity contribution in [2.45, 2.75) is 23.5 Å². The lowest BCUT2D eigenvalue weighted by atomic mass is 10.2. The minimum atomic E-state index is -1.07. The second-order valence-electron chi connectivity index (χ2n) is 3.97. The van der Waals surface area contributed by atoms with Gasteiger partial charge < -0.3 is 5.11 Å². The van der Waals surface area contributed by atoms with Crippen molar-refractivity contribution < 1.29 is 14.8 Å². The van der Waals surface area contributed by atoms with E-state index >= 15 is 0 Å². The molecule has 0 spiro atoms. The van der Waals surface area contributed by atoms with Crippen LogP contribution < -0.4 is 0 Å². The molecule has 0 saturated heterocycles. The van der Waals surface area contributed by atoms with Gasteiger partial charge >= 0.3 is 5.97 Å². The van der Waals surface area contributed by atoms with Crippen molar-refractivity contribution in [1.29, 1.82) is 5.26 Å². The van der Waals surface area contributed by atoms with E-state index in [9.17, 15) is 14.9 Å². The second-order valence-corrected chi connectivity index (χ2v) is 5.66. The number of carboxylic acid groups (broad SMARTS) is 1. The van der Waals surface area contributed by atoms with E-state index in [2.05, 4.69) is 0 Å². The number of nitrogens with zero attached hydrogens (tertiary/aromatic N) is 2. The summed E-state index contributed by atoms with van der Waals surface area (Å²) in [6, 6.07) is 5.70. The maximum Gasteiger partial charge on any atom is 0.319 e. The zero-order chi connectivity index (χ0) is 13.9. The lowest BCUT2D eigenvalue weighted by Gasteiger charge is -2.18. The van der Waals surface area contributed by atoms with E-state index in [0.717, 1.165) is 11.8 Å². The van der Waals surface area contributed by atoms with E-state index in [1.807, 2.05) is 0 Å². The van der Waals surface area contributed by atoms with Crippen LogP contribution in [0.2, 0.25) is 0 Å². The molecule has 0 aromatic heterocycles. The van der Waals surface area contributed by atoms with Crippen LogP contribution >= 0.6 is 11.8 Å². The molecule has 0 heterocycles. The summed E-state index contributed by atoms with van der Waals surface area (Å²) < 4.78 is -1.07. The Balaban J connectivity index is 3.12. The molecule has 1 rings (SSSR count). The Morgan fingerprint density at radius 2 is 2.17 bits per heavy atom. The van der Waals surface area contributed by atoms with Crippen LogP contribution in [-0.2, 0) is 4.79 Å². The van der Waals surface area contributed by atoms with Crippen molar-refractivity contribution in [2.75, 3.05) is 0 Å². The quantitative estimate of drug-likeness (QED) is 0.509. The first kappa shape index (κ1) is 14.0. The molecule has 18 heavy (non-hydrogen) atoms. The molecule has 0 aliphatic carbocycles. The minimum Gasteiger partial charge on any atom is -0.480 e. The van der Waals surface area contributed by atoms with Gasteiger partial charge in [-0.1, -0.05) is 0 Å². The molecular formula is C11H10N2O4S. The third-order valence-corrected chi connectivity index (χ3v) is 3.35. The third kappa shape index (κ3) is 2.99. The van der Waals surface area contributed by atoms with Gasteiger partial charge in [-0.3, -0.25) is 14.9 Å². The van der Waals surface area contributed by atoms with Crippen molar-refractivity contribution in [3.63, 3.8) is 0 Å². The van der Waals surface area contributed by atoms with E-state index in [1.165, 1.54) is 32.0 Å². The molecule has 0 saturated carbocycles. The first-order chi connectivity index (χ1) is 8.27. The molecule has 1 N–H and O–H groups in total. The molecule has 6 nitrogen and oxygen atoms in total. The van der Waals surface area contributed by atoms with Crippen LogP contribution in [0.25, 0.3) is 0 Å². The SMILES string of the molecule is CC(C)(Sc1ccc([N+](=O)[O-])c(C#N)c1)C(=O)O. The van der Waals surface area contributed by atoms with Crippen molar-refractivity contribution in [3.05, 3.63) is 33.9 Å².